The Balaban J connectivity index is 1.63. The van der Waals surface area contributed by atoms with E-state index in [4.69, 9.17) is 21.9 Å². The van der Waals surface area contributed by atoms with Gasteiger partial charge in [-0.25, -0.2) is 4.98 Å². The van der Waals surface area contributed by atoms with Gasteiger partial charge >= 0.3 is 0 Å². The first-order valence-corrected chi connectivity index (χ1v) is 12.7. The van der Waals surface area contributed by atoms with E-state index in [1.807, 2.05) is 32.9 Å². The molecule has 2 aromatic rings. The molecule has 1 amide bonds. The van der Waals surface area contributed by atoms with Gasteiger partial charge in [0.15, 0.2) is 0 Å². The second-order valence-electron chi connectivity index (χ2n) is 9.24. The van der Waals surface area contributed by atoms with E-state index in [2.05, 4.69) is 4.90 Å². The minimum atomic E-state index is -0.184. The van der Waals surface area contributed by atoms with Crippen molar-refractivity contribution in [1.82, 2.24) is 14.3 Å². The first kappa shape index (κ1) is 22.6. The zero-order valence-corrected chi connectivity index (χ0v) is 20.7. The summed E-state index contributed by atoms with van der Waals surface area (Å²) < 4.78 is 8.04. The van der Waals surface area contributed by atoms with Gasteiger partial charge in [-0.3, -0.25) is 18.9 Å². The second-order valence-corrected chi connectivity index (χ2v) is 10.9. The average Bonchev–Trinajstić information content (AvgIpc) is 3.37. The van der Waals surface area contributed by atoms with Crippen LogP contribution in [0.4, 0.5) is 5.82 Å². The Kier molecular flexibility index (Phi) is 6.05. The summed E-state index contributed by atoms with van der Waals surface area (Å²) in [5.41, 5.74) is 1.79. The van der Waals surface area contributed by atoms with Gasteiger partial charge in [0.2, 0.25) is 0 Å². The number of carbonyl (C=O) groups excluding carboxylic acids is 1. The number of rotatable bonds is 3. The number of aromatic nitrogens is 2. The largest absolute Gasteiger partial charge is 0.372 e. The first-order chi connectivity index (χ1) is 15.8. The van der Waals surface area contributed by atoms with E-state index in [1.54, 1.807) is 21.6 Å². The van der Waals surface area contributed by atoms with Crippen LogP contribution in [0, 0.1) is 6.92 Å². The number of thioether (sulfide) groups is 1. The summed E-state index contributed by atoms with van der Waals surface area (Å²) in [4.78, 5) is 36.2. The Hall–Kier alpha value is -2.23. The zero-order chi connectivity index (χ0) is 23.3. The number of amides is 1. The topological polar surface area (TPSA) is 67.2 Å². The molecule has 0 spiro atoms. The molecule has 1 saturated carbocycles. The van der Waals surface area contributed by atoms with E-state index in [0.717, 1.165) is 31.2 Å². The molecule has 4 heterocycles. The highest BCUT2D eigenvalue weighted by Gasteiger charge is 2.38. The van der Waals surface area contributed by atoms with Gasteiger partial charge in [-0.1, -0.05) is 42.9 Å². The number of anilines is 1. The molecule has 2 aliphatic heterocycles. The monoisotopic (exact) mass is 484 g/mol. The van der Waals surface area contributed by atoms with Crippen LogP contribution in [0.1, 0.15) is 50.7 Å². The van der Waals surface area contributed by atoms with E-state index in [0.29, 0.717) is 39.3 Å². The number of carbonyl (C=O) groups is 1. The van der Waals surface area contributed by atoms with Gasteiger partial charge in [0, 0.05) is 25.3 Å². The van der Waals surface area contributed by atoms with Crippen LogP contribution < -0.4 is 10.5 Å². The number of morpholine rings is 1. The summed E-state index contributed by atoms with van der Waals surface area (Å²) >= 11 is 6.85. The fraction of sp³-hybridized carbons (Fsp3) is 0.500. The number of nitrogens with zero attached hydrogens (tertiary/aromatic N) is 4. The van der Waals surface area contributed by atoms with Crippen molar-refractivity contribution < 1.29 is 9.53 Å². The van der Waals surface area contributed by atoms with Gasteiger partial charge in [-0.05, 0) is 51.3 Å². The Morgan fingerprint density at radius 1 is 1.15 bits per heavy atom. The molecule has 33 heavy (non-hydrogen) atoms. The molecular weight excluding hydrogens is 456 g/mol. The van der Waals surface area contributed by atoms with Crippen molar-refractivity contribution in [3.8, 4) is 0 Å². The minimum Gasteiger partial charge on any atom is -0.372 e. The summed E-state index contributed by atoms with van der Waals surface area (Å²) in [5.74, 6) is 0.497. The Labute approximate surface area is 202 Å². The molecule has 2 saturated heterocycles. The number of pyridine rings is 1. The standard InChI is InChI=1S/C24H28N4O3S2/c1-14-8-9-20-25-21(26-12-15(2)31-16(3)13-26)18(22(29)27(20)11-14)10-19-23(30)28(24(32)33-19)17-6-4-5-7-17/h8-11,15-17H,4-7,12-13H2,1-3H3/b19-10+. The van der Waals surface area contributed by atoms with Crippen molar-refractivity contribution in [2.45, 2.75) is 64.7 Å². The average molecular weight is 485 g/mol. The van der Waals surface area contributed by atoms with Crippen LogP contribution in [0.3, 0.4) is 0 Å². The molecular formula is C24H28N4O3S2. The third-order valence-corrected chi connectivity index (χ3v) is 7.82. The number of aryl methyl sites for hydroxylation is 1. The maximum atomic E-state index is 13.7. The minimum absolute atomic E-state index is 0.0143. The smallest absolute Gasteiger partial charge is 0.267 e. The molecule has 2 unspecified atom stereocenters. The molecule has 2 aromatic heterocycles. The SMILES string of the molecule is Cc1ccc2nc(N3CC(C)OC(C)C3)c(/C=C3/SC(=S)N(C4CCCC4)C3=O)c(=O)n2c1. The molecule has 0 radical (unpaired) electrons. The van der Waals surface area contributed by atoms with Gasteiger partial charge in [-0.2, -0.15) is 0 Å². The van der Waals surface area contributed by atoms with Crippen LogP contribution in [-0.2, 0) is 9.53 Å². The maximum absolute atomic E-state index is 13.7. The fourth-order valence-electron chi connectivity index (χ4n) is 5.05. The predicted octanol–water partition coefficient (Wildman–Crippen LogP) is 3.76. The lowest BCUT2D eigenvalue weighted by molar-refractivity contribution is -0.123. The third kappa shape index (κ3) is 4.22. The molecule has 3 aliphatic rings. The quantitative estimate of drug-likeness (QED) is 0.485. The lowest BCUT2D eigenvalue weighted by Crippen LogP contribution is -2.46. The molecule has 2 atom stereocenters. The van der Waals surface area contributed by atoms with Gasteiger partial charge in [-0.15, -0.1) is 0 Å². The molecule has 5 rings (SSSR count). The molecule has 0 aromatic carbocycles. The summed E-state index contributed by atoms with van der Waals surface area (Å²) in [6.07, 6.45) is 7.72. The number of thiocarbonyl (C=S) groups is 1. The molecule has 3 fully saturated rings. The molecule has 0 N–H and O–H groups in total. The Morgan fingerprint density at radius 3 is 2.55 bits per heavy atom. The summed E-state index contributed by atoms with van der Waals surface area (Å²) in [6.45, 7) is 7.24. The predicted molar refractivity (Wildman–Crippen MR) is 136 cm³/mol. The highest BCUT2D eigenvalue weighted by molar-refractivity contribution is 8.26. The highest BCUT2D eigenvalue weighted by Crippen LogP contribution is 2.38. The third-order valence-electron chi connectivity index (χ3n) is 6.49. The lowest BCUT2D eigenvalue weighted by Gasteiger charge is -2.36. The van der Waals surface area contributed by atoms with Crippen molar-refractivity contribution in [3.63, 3.8) is 0 Å². The van der Waals surface area contributed by atoms with Crippen LogP contribution in [0.15, 0.2) is 28.0 Å². The van der Waals surface area contributed by atoms with Crippen molar-refractivity contribution in [3.05, 3.63) is 44.7 Å². The van der Waals surface area contributed by atoms with Crippen molar-refractivity contribution in [2.24, 2.45) is 0 Å². The van der Waals surface area contributed by atoms with Crippen molar-refractivity contribution >= 4 is 51.7 Å². The van der Waals surface area contributed by atoms with E-state index < -0.39 is 0 Å². The van der Waals surface area contributed by atoms with Gasteiger partial charge in [0.05, 0.1) is 22.7 Å². The Bertz CT molecular complexity index is 1210. The fourth-order valence-corrected chi connectivity index (χ4v) is 6.44. The maximum Gasteiger partial charge on any atom is 0.267 e. The molecule has 1 aliphatic carbocycles. The number of ether oxygens (including phenoxy) is 1. The molecule has 7 nitrogen and oxygen atoms in total. The summed E-state index contributed by atoms with van der Waals surface area (Å²) in [5, 5.41) is 0. The number of hydrogen-bond acceptors (Lipinski definition) is 7. The van der Waals surface area contributed by atoms with Gasteiger partial charge in [0.25, 0.3) is 11.5 Å². The highest BCUT2D eigenvalue weighted by atomic mass is 32.2. The Morgan fingerprint density at radius 2 is 1.85 bits per heavy atom. The van der Waals surface area contributed by atoms with E-state index in [9.17, 15) is 9.59 Å². The first-order valence-electron chi connectivity index (χ1n) is 11.5. The molecule has 0 bridgehead atoms. The van der Waals surface area contributed by atoms with Crippen molar-refractivity contribution in [1.29, 1.82) is 0 Å². The number of fused-ring (bicyclic) bond motifs is 1. The van der Waals surface area contributed by atoms with Crippen LogP contribution in [0.5, 0.6) is 0 Å². The number of hydrogen-bond donors (Lipinski definition) is 0. The second kappa shape index (κ2) is 8.85. The van der Waals surface area contributed by atoms with Crippen LogP contribution in [-0.4, -0.2) is 55.9 Å². The zero-order valence-electron chi connectivity index (χ0n) is 19.1. The summed E-state index contributed by atoms with van der Waals surface area (Å²) in [7, 11) is 0. The van der Waals surface area contributed by atoms with Crippen LogP contribution >= 0.6 is 24.0 Å². The molecule has 9 heteroatoms. The van der Waals surface area contributed by atoms with Crippen LogP contribution in [0.2, 0.25) is 0 Å². The van der Waals surface area contributed by atoms with Gasteiger partial charge < -0.3 is 9.64 Å². The molecule has 174 valence electrons. The summed E-state index contributed by atoms with van der Waals surface area (Å²) in [6, 6.07) is 3.97. The van der Waals surface area contributed by atoms with Crippen LogP contribution in [0.25, 0.3) is 11.7 Å². The van der Waals surface area contributed by atoms with Gasteiger partial charge in [0.1, 0.15) is 15.8 Å². The van der Waals surface area contributed by atoms with Crippen molar-refractivity contribution in [2.75, 3.05) is 18.0 Å². The van der Waals surface area contributed by atoms with E-state index in [1.165, 1.54) is 11.8 Å². The lowest BCUT2D eigenvalue weighted by atomic mass is 10.1. The normalized spacial score (nSPS) is 25.7. The van der Waals surface area contributed by atoms with E-state index >= 15 is 0 Å². The van der Waals surface area contributed by atoms with E-state index in [-0.39, 0.29) is 29.7 Å².